The van der Waals surface area contributed by atoms with Crippen LogP contribution >= 0.6 is 0 Å². The van der Waals surface area contributed by atoms with Crippen LogP contribution in [0.2, 0.25) is 0 Å². The molecule has 2 aliphatic rings. The maximum Gasteiger partial charge on any atom is 0.317 e. The third kappa shape index (κ3) is 1.66. The number of rotatable bonds is 2. The Morgan fingerprint density at radius 2 is 1.65 bits per heavy atom. The zero-order valence-corrected chi connectivity index (χ0v) is 9.82. The Balaban J connectivity index is 2.38. The summed E-state index contributed by atoms with van der Waals surface area (Å²) in [4.78, 5) is 35.4. The van der Waals surface area contributed by atoms with Crippen molar-refractivity contribution in [3.05, 3.63) is 11.1 Å². The van der Waals surface area contributed by atoms with Gasteiger partial charge < -0.3 is 9.47 Å². The van der Waals surface area contributed by atoms with Crippen molar-refractivity contribution in [3.63, 3.8) is 0 Å². The summed E-state index contributed by atoms with van der Waals surface area (Å²) in [5.41, 5.74) is 1.41. The highest BCUT2D eigenvalue weighted by Crippen LogP contribution is 2.44. The van der Waals surface area contributed by atoms with Gasteiger partial charge in [0.2, 0.25) is 0 Å². The van der Waals surface area contributed by atoms with Crippen LogP contribution in [0.5, 0.6) is 0 Å². The van der Waals surface area contributed by atoms with E-state index in [-0.39, 0.29) is 5.78 Å². The number of hydrogen-bond acceptors (Lipinski definition) is 5. The molecule has 0 aromatic rings. The Hall–Kier alpha value is -1.65. The third-order valence-electron chi connectivity index (χ3n) is 3.46. The van der Waals surface area contributed by atoms with E-state index in [1.54, 1.807) is 0 Å². The molecule has 5 heteroatoms. The zero-order valence-electron chi connectivity index (χ0n) is 9.82. The molecule has 2 atom stereocenters. The fourth-order valence-electron chi connectivity index (χ4n) is 2.71. The van der Waals surface area contributed by atoms with Crippen LogP contribution in [0, 0.1) is 11.8 Å². The zero-order chi connectivity index (χ0) is 12.6. The Morgan fingerprint density at radius 3 is 2.24 bits per heavy atom. The number of carbonyl (C=O) groups excluding carboxylic acids is 3. The van der Waals surface area contributed by atoms with Crippen LogP contribution in [-0.4, -0.2) is 31.9 Å². The van der Waals surface area contributed by atoms with E-state index in [9.17, 15) is 14.4 Å². The normalized spacial score (nSPS) is 27.1. The molecule has 2 aliphatic carbocycles. The minimum atomic E-state index is -1.03. The van der Waals surface area contributed by atoms with Crippen LogP contribution in [0.15, 0.2) is 11.1 Å². The number of methoxy groups -OCH3 is 2. The first kappa shape index (κ1) is 11.8. The third-order valence-corrected chi connectivity index (χ3v) is 3.46. The van der Waals surface area contributed by atoms with Crippen molar-refractivity contribution in [2.24, 2.45) is 11.8 Å². The van der Waals surface area contributed by atoms with Crippen molar-refractivity contribution < 1.29 is 23.9 Å². The van der Waals surface area contributed by atoms with Crippen LogP contribution in [0.3, 0.4) is 0 Å². The van der Waals surface area contributed by atoms with Crippen LogP contribution in [-0.2, 0) is 23.9 Å². The van der Waals surface area contributed by atoms with Gasteiger partial charge in [-0.2, -0.15) is 0 Å². The minimum absolute atomic E-state index is 0.264. The maximum absolute atomic E-state index is 12.1. The predicted molar refractivity (Wildman–Crippen MR) is 56.9 cm³/mol. The number of ether oxygens (including phenoxy) is 2. The summed E-state index contributed by atoms with van der Waals surface area (Å²) in [7, 11) is 2.47. The highest BCUT2D eigenvalue weighted by Gasteiger charge is 2.51. The van der Waals surface area contributed by atoms with E-state index in [4.69, 9.17) is 0 Å². The van der Waals surface area contributed by atoms with Crippen LogP contribution < -0.4 is 0 Å². The molecule has 0 aliphatic heterocycles. The van der Waals surface area contributed by atoms with Crippen LogP contribution in [0.1, 0.15) is 19.3 Å². The molecule has 17 heavy (non-hydrogen) atoms. The lowest BCUT2D eigenvalue weighted by Crippen LogP contribution is -2.34. The van der Waals surface area contributed by atoms with E-state index in [2.05, 4.69) is 9.47 Å². The van der Waals surface area contributed by atoms with Crippen molar-refractivity contribution in [1.29, 1.82) is 0 Å². The predicted octanol–water partition coefficient (Wildman–Crippen LogP) is 0.628. The van der Waals surface area contributed by atoms with Gasteiger partial charge in [-0.1, -0.05) is 0 Å². The van der Waals surface area contributed by atoms with E-state index in [0.717, 1.165) is 12.0 Å². The molecule has 0 aromatic heterocycles. The molecule has 0 fully saturated rings. The van der Waals surface area contributed by atoms with E-state index in [0.29, 0.717) is 18.4 Å². The molecule has 0 radical (unpaired) electrons. The average Bonchev–Trinajstić information content (AvgIpc) is 2.90. The SMILES string of the molecule is COC(=O)[C@@H]1C(=O)C2=C(CCC2)[C@@H]1C(=O)OC. The summed E-state index contributed by atoms with van der Waals surface area (Å²) in [6, 6.07) is 0. The number of carbonyl (C=O) groups is 3. The molecule has 2 rings (SSSR count). The molecule has 0 saturated heterocycles. The monoisotopic (exact) mass is 238 g/mol. The molecule has 0 unspecified atom stereocenters. The average molecular weight is 238 g/mol. The van der Waals surface area contributed by atoms with Gasteiger partial charge in [-0.15, -0.1) is 0 Å². The molecular formula is C12H14O5. The Morgan fingerprint density at radius 1 is 1.06 bits per heavy atom. The fraction of sp³-hybridized carbons (Fsp3) is 0.583. The topological polar surface area (TPSA) is 69.7 Å². The Labute approximate surface area is 98.8 Å². The lowest BCUT2D eigenvalue weighted by atomic mass is 9.88. The van der Waals surface area contributed by atoms with Crippen molar-refractivity contribution >= 4 is 17.7 Å². The maximum atomic E-state index is 12.1. The van der Waals surface area contributed by atoms with Gasteiger partial charge in [0.25, 0.3) is 0 Å². The van der Waals surface area contributed by atoms with Crippen molar-refractivity contribution in [1.82, 2.24) is 0 Å². The first-order chi connectivity index (χ1) is 8.11. The summed E-state index contributed by atoms with van der Waals surface area (Å²) < 4.78 is 9.28. The molecule has 0 aromatic carbocycles. The number of esters is 2. The lowest BCUT2D eigenvalue weighted by Gasteiger charge is -2.17. The van der Waals surface area contributed by atoms with Gasteiger partial charge in [-0.05, 0) is 30.4 Å². The van der Waals surface area contributed by atoms with Crippen molar-refractivity contribution in [3.8, 4) is 0 Å². The molecule has 0 bridgehead atoms. The van der Waals surface area contributed by atoms with Crippen molar-refractivity contribution in [2.45, 2.75) is 19.3 Å². The number of hydrogen-bond donors (Lipinski definition) is 0. The number of allylic oxidation sites excluding steroid dienone is 1. The van der Waals surface area contributed by atoms with E-state index in [1.165, 1.54) is 14.2 Å². The summed E-state index contributed by atoms with van der Waals surface area (Å²) in [6.07, 6.45) is 2.20. The molecular weight excluding hydrogens is 224 g/mol. The quantitative estimate of drug-likeness (QED) is 0.521. The van der Waals surface area contributed by atoms with Crippen molar-refractivity contribution in [2.75, 3.05) is 14.2 Å². The summed E-state index contributed by atoms with van der Waals surface area (Å²) in [6.45, 7) is 0. The first-order valence-corrected chi connectivity index (χ1v) is 5.53. The summed E-state index contributed by atoms with van der Waals surface area (Å²) >= 11 is 0. The second-order valence-electron chi connectivity index (χ2n) is 4.22. The molecule has 5 nitrogen and oxygen atoms in total. The molecule has 0 amide bonds. The molecule has 0 saturated carbocycles. The van der Waals surface area contributed by atoms with E-state index in [1.807, 2.05) is 0 Å². The molecule has 0 spiro atoms. The van der Waals surface area contributed by atoms with Gasteiger partial charge >= 0.3 is 11.9 Å². The smallest absolute Gasteiger partial charge is 0.317 e. The minimum Gasteiger partial charge on any atom is -0.469 e. The molecule has 0 heterocycles. The standard InChI is InChI=1S/C12H14O5/c1-16-11(14)8-6-4-3-5-7(6)10(13)9(8)12(15)17-2/h8-9H,3-5H2,1-2H3/t8-,9-/m0/s1. The summed E-state index contributed by atoms with van der Waals surface area (Å²) in [5.74, 6) is -3.24. The highest BCUT2D eigenvalue weighted by molar-refractivity contribution is 6.15. The first-order valence-electron chi connectivity index (χ1n) is 5.53. The molecule has 0 N–H and O–H groups in total. The van der Waals surface area contributed by atoms with Gasteiger partial charge in [0.05, 0.1) is 20.1 Å². The second kappa shape index (κ2) is 4.31. The largest absolute Gasteiger partial charge is 0.469 e. The number of ketones is 1. The fourth-order valence-corrected chi connectivity index (χ4v) is 2.71. The van der Waals surface area contributed by atoms with E-state index < -0.39 is 23.8 Å². The van der Waals surface area contributed by atoms with Gasteiger partial charge in [-0.3, -0.25) is 14.4 Å². The van der Waals surface area contributed by atoms with E-state index >= 15 is 0 Å². The second-order valence-corrected chi connectivity index (χ2v) is 4.22. The Bertz CT molecular complexity index is 421. The van der Waals surface area contributed by atoms with Gasteiger partial charge in [-0.25, -0.2) is 0 Å². The molecule has 92 valence electrons. The number of Topliss-reactive ketones (excluding diaryl/α,β-unsaturated/α-hetero) is 1. The highest BCUT2D eigenvalue weighted by atomic mass is 16.5. The lowest BCUT2D eigenvalue weighted by molar-refractivity contribution is -0.157. The van der Waals surface area contributed by atoms with Gasteiger partial charge in [0.1, 0.15) is 5.92 Å². The van der Waals surface area contributed by atoms with Crippen LogP contribution in [0.4, 0.5) is 0 Å². The summed E-state index contributed by atoms with van der Waals surface area (Å²) in [5, 5.41) is 0. The van der Waals surface area contributed by atoms with Gasteiger partial charge in [0.15, 0.2) is 5.78 Å². The van der Waals surface area contributed by atoms with Gasteiger partial charge in [0, 0.05) is 0 Å². The Kier molecular flexibility index (Phi) is 3.00. The van der Waals surface area contributed by atoms with Crippen LogP contribution in [0.25, 0.3) is 0 Å².